The first-order valence-corrected chi connectivity index (χ1v) is 13.0. The third-order valence-electron chi connectivity index (χ3n) is 5.84. The van der Waals surface area contributed by atoms with E-state index in [1.165, 1.54) is 24.4 Å². The number of hydrogen-bond donors (Lipinski definition) is 3. The van der Waals surface area contributed by atoms with Gasteiger partial charge in [-0.15, -0.1) is 0 Å². The highest BCUT2D eigenvalue weighted by atomic mass is 32.2. The average molecular weight is 513 g/mol. The van der Waals surface area contributed by atoms with Crippen LogP contribution in [0.15, 0.2) is 73.1 Å². The van der Waals surface area contributed by atoms with Crippen molar-refractivity contribution < 1.29 is 33.0 Å². The summed E-state index contributed by atoms with van der Waals surface area (Å²) in [5.41, 5.74) is 7.52. The molecule has 3 aromatic rings. The molecule has 2 aromatic carbocycles. The van der Waals surface area contributed by atoms with E-state index in [2.05, 4.69) is 9.72 Å². The molecule has 0 aliphatic carbocycles. The second kappa shape index (κ2) is 11.5. The molecule has 0 saturated carbocycles. The monoisotopic (exact) mass is 512 g/mol. The number of pyridine rings is 1. The van der Waals surface area contributed by atoms with Crippen LogP contribution in [-0.4, -0.2) is 60.0 Å². The van der Waals surface area contributed by atoms with Crippen LogP contribution in [0.3, 0.4) is 0 Å². The molecular weight excluding hydrogens is 484 g/mol. The van der Waals surface area contributed by atoms with Crippen molar-refractivity contribution in [2.45, 2.75) is 29.9 Å². The van der Waals surface area contributed by atoms with Gasteiger partial charge in [-0.2, -0.15) is 0 Å². The number of ketones is 1. The number of nitrogens with zero attached hydrogens (tertiary/aromatic N) is 1. The molecule has 0 radical (unpaired) electrons. The van der Waals surface area contributed by atoms with Gasteiger partial charge in [0.2, 0.25) is 0 Å². The molecule has 36 heavy (non-hydrogen) atoms. The van der Waals surface area contributed by atoms with E-state index in [1.54, 1.807) is 48.7 Å². The van der Waals surface area contributed by atoms with Crippen molar-refractivity contribution in [3.8, 4) is 11.1 Å². The van der Waals surface area contributed by atoms with Crippen LogP contribution >= 0.6 is 0 Å². The minimum atomic E-state index is -3.96. The van der Waals surface area contributed by atoms with Gasteiger partial charge in [-0.1, -0.05) is 48.5 Å². The minimum absolute atomic E-state index is 0.0699. The van der Waals surface area contributed by atoms with Crippen molar-refractivity contribution in [1.29, 1.82) is 0 Å². The predicted molar refractivity (Wildman–Crippen MR) is 134 cm³/mol. The van der Waals surface area contributed by atoms with Crippen LogP contribution in [0.1, 0.15) is 40.1 Å². The topological polar surface area (TPSA) is 157 Å². The number of benzene rings is 2. The lowest BCUT2D eigenvalue weighted by atomic mass is 9.90. The summed E-state index contributed by atoms with van der Waals surface area (Å²) in [7, 11) is -2.84. The van der Waals surface area contributed by atoms with E-state index in [9.17, 15) is 28.2 Å². The number of carbonyl (C=O) groups is 2. The van der Waals surface area contributed by atoms with Gasteiger partial charge >= 0.3 is 5.97 Å². The number of Topliss-reactive ketones (excluding diaryl/α,β-unsaturated/α-hetero) is 1. The van der Waals surface area contributed by atoms with Gasteiger partial charge in [0.05, 0.1) is 7.11 Å². The number of rotatable bonds is 10. The summed E-state index contributed by atoms with van der Waals surface area (Å²) in [6.45, 7) is 0. The third-order valence-corrected chi connectivity index (χ3v) is 7.28. The Morgan fingerprint density at radius 1 is 1.00 bits per heavy atom. The molecule has 4 atom stereocenters. The fraction of sp³-hybridized carbons (Fsp3) is 0.269. The van der Waals surface area contributed by atoms with Crippen LogP contribution < -0.4 is 5.73 Å². The number of nitrogens with two attached hydrogens (primary N) is 1. The highest BCUT2D eigenvalue weighted by Crippen LogP contribution is 2.34. The summed E-state index contributed by atoms with van der Waals surface area (Å²) in [5, 5.41) is 19.9. The van der Waals surface area contributed by atoms with Crippen LogP contribution in [0, 0.1) is 0 Å². The smallest absolute Gasteiger partial charge is 0.322 e. The Kier molecular flexibility index (Phi) is 8.70. The van der Waals surface area contributed by atoms with E-state index in [4.69, 9.17) is 5.73 Å². The summed E-state index contributed by atoms with van der Waals surface area (Å²) >= 11 is 0. The molecule has 1 heterocycles. The van der Waals surface area contributed by atoms with Crippen molar-refractivity contribution in [3.05, 3.63) is 89.7 Å². The highest BCUT2D eigenvalue weighted by Gasteiger charge is 2.35. The number of hydrogen-bond acceptors (Lipinski definition) is 9. The van der Waals surface area contributed by atoms with Crippen molar-refractivity contribution in [1.82, 2.24) is 4.98 Å². The molecule has 0 aliphatic rings. The number of aromatic nitrogens is 1. The molecule has 1 aromatic heterocycles. The Morgan fingerprint density at radius 3 is 2.25 bits per heavy atom. The number of aliphatic hydroxyl groups is 2. The third kappa shape index (κ3) is 6.21. The van der Waals surface area contributed by atoms with Gasteiger partial charge in [0, 0.05) is 29.8 Å². The zero-order valence-electron chi connectivity index (χ0n) is 19.8. The maximum atomic E-state index is 13.6. The first-order valence-electron chi connectivity index (χ1n) is 11.1. The zero-order valence-corrected chi connectivity index (χ0v) is 20.6. The molecule has 9 nitrogen and oxygen atoms in total. The standard InChI is InChI=1S/C26H28N2O7S/c1-35-26(32)21(27)14-22(36(2,33)34)25(31)19-11-10-17(13-20(19)16-7-4-3-5-8-16)23(29)24(30)18-9-6-12-28-15-18/h3-13,15,21-24,29-30H,14,27H2,1-2H3. The van der Waals surface area contributed by atoms with E-state index in [0.717, 1.165) is 13.4 Å². The molecule has 0 spiro atoms. The molecule has 190 valence electrons. The van der Waals surface area contributed by atoms with Gasteiger partial charge in [-0.25, -0.2) is 8.42 Å². The number of esters is 1. The molecule has 0 bridgehead atoms. The average Bonchev–Trinajstić information content (AvgIpc) is 2.89. The largest absolute Gasteiger partial charge is 0.468 e. The maximum absolute atomic E-state index is 13.6. The Morgan fingerprint density at radius 2 is 1.67 bits per heavy atom. The van der Waals surface area contributed by atoms with Crippen LogP contribution in [0.5, 0.6) is 0 Å². The van der Waals surface area contributed by atoms with Crippen molar-refractivity contribution in [2.24, 2.45) is 5.73 Å². The number of methoxy groups -OCH3 is 1. The Bertz CT molecular complexity index is 1310. The number of aliphatic hydroxyl groups excluding tert-OH is 2. The van der Waals surface area contributed by atoms with Crippen LogP contribution in [0.2, 0.25) is 0 Å². The lowest BCUT2D eigenvalue weighted by molar-refractivity contribution is -0.142. The van der Waals surface area contributed by atoms with Gasteiger partial charge < -0.3 is 20.7 Å². The van der Waals surface area contributed by atoms with E-state index >= 15 is 0 Å². The second-order valence-corrected chi connectivity index (χ2v) is 10.6. The van der Waals surface area contributed by atoms with E-state index in [1.807, 2.05) is 0 Å². The normalized spacial score (nSPS) is 14.9. The maximum Gasteiger partial charge on any atom is 0.322 e. The quantitative estimate of drug-likeness (QED) is 0.273. The summed E-state index contributed by atoms with van der Waals surface area (Å²) in [6.07, 6.45) is 0.795. The van der Waals surface area contributed by atoms with Crippen LogP contribution in [0.25, 0.3) is 11.1 Å². The molecule has 4 unspecified atom stereocenters. The minimum Gasteiger partial charge on any atom is -0.468 e. The first-order chi connectivity index (χ1) is 17.0. The summed E-state index contributed by atoms with van der Waals surface area (Å²) in [6, 6.07) is 15.1. The van der Waals surface area contributed by atoms with Gasteiger partial charge in [0.15, 0.2) is 15.6 Å². The lowest BCUT2D eigenvalue weighted by Crippen LogP contribution is -2.41. The fourth-order valence-corrected chi connectivity index (χ4v) is 4.93. The summed E-state index contributed by atoms with van der Waals surface area (Å²) in [5.74, 6) is -1.58. The summed E-state index contributed by atoms with van der Waals surface area (Å²) < 4.78 is 29.7. The molecule has 4 N–H and O–H groups in total. The van der Waals surface area contributed by atoms with E-state index in [0.29, 0.717) is 22.3 Å². The fourth-order valence-electron chi connectivity index (χ4n) is 3.86. The molecule has 0 fully saturated rings. The molecule has 0 amide bonds. The lowest BCUT2D eigenvalue weighted by Gasteiger charge is -2.22. The molecule has 0 saturated heterocycles. The molecule has 3 rings (SSSR count). The highest BCUT2D eigenvalue weighted by molar-refractivity contribution is 7.92. The predicted octanol–water partition coefficient (Wildman–Crippen LogP) is 2.00. The van der Waals surface area contributed by atoms with Gasteiger partial charge in [-0.3, -0.25) is 14.6 Å². The number of ether oxygens (including phenoxy) is 1. The SMILES string of the molecule is COC(=O)C(N)CC(C(=O)c1ccc(C(O)C(O)c2cccnc2)cc1-c1ccccc1)S(C)(=O)=O. The molecular formula is C26H28N2O7S. The van der Waals surface area contributed by atoms with Crippen molar-refractivity contribution >= 4 is 21.6 Å². The van der Waals surface area contributed by atoms with Crippen molar-refractivity contribution in [2.75, 3.05) is 13.4 Å². The Hall–Kier alpha value is -3.44. The number of carbonyl (C=O) groups excluding carboxylic acids is 2. The molecule has 0 aliphatic heterocycles. The van der Waals surface area contributed by atoms with Gasteiger partial charge in [0.25, 0.3) is 0 Å². The van der Waals surface area contributed by atoms with Crippen LogP contribution in [-0.2, 0) is 19.4 Å². The first kappa shape index (κ1) is 27.2. The molecule has 10 heteroatoms. The van der Waals surface area contributed by atoms with E-state index in [-0.39, 0.29) is 5.56 Å². The van der Waals surface area contributed by atoms with Crippen LogP contribution in [0.4, 0.5) is 0 Å². The van der Waals surface area contributed by atoms with Gasteiger partial charge in [-0.05, 0) is 35.2 Å². The van der Waals surface area contributed by atoms with E-state index < -0.39 is 51.5 Å². The number of sulfone groups is 1. The second-order valence-electron chi connectivity index (χ2n) is 8.39. The van der Waals surface area contributed by atoms with Crippen molar-refractivity contribution in [3.63, 3.8) is 0 Å². The Balaban J connectivity index is 2.08. The summed E-state index contributed by atoms with van der Waals surface area (Å²) in [4.78, 5) is 29.3. The van der Waals surface area contributed by atoms with Gasteiger partial charge in [0.1, 0.15) is 23.5 Å². The Labute approximate surface area is 209 Å². The zero-order chi connectivity index (χ0) is 26.5.